The summed E-state index contributed by atoms with van der Waals surface area (Å²) in [6.07, 6.45) is 3.13. The second kappa shape index (κ2) is 6.14. The maximum Gasteiger partial charge on any atom is 0.369 e. The van der Waals surface area contributed by atoms with Crippen LogP contribution in [0.3, 0.4) is 0 Å². The van der Waals surface area contributed by atoms with Gasteiger partial charge in [-0.2, -0.15) is 10.4 Å². The number of nitrogens with one attached hydrogen (secondary N) is 1. The third kappa shape index (κ3) is 3.38. The van der Waals surface area contributed by atoms with E-state index in [1.807, 2.05) is 0 Å². The first kappa shape index (κ1) is 11.7. The zero-order chi connectivity index (χ0) is 11.8. The van der Waals surface area contributed by atoms with Crippen LogP contribution >= 0.6 is 0 Å². The van der Waals surface area contributed by atoms with Gasteiger partial charge in [0.15, 0.2) is 0 Å². The van der Waals surface area contributed by atoms with Gasteiger partial charge >= 0.3 is 5.97 Å². The number of carbonyl (C=O) groups is 1. The molecule has 1 rings (SSSR count). The minimum Gasteiger partial charge on any atom is -0.461 e. The Kier molecular flexibility index (Phi) is 4.47. The van der Waals surface area contributed by atoms with E-state index in [1.54, 1.807) is 37.5 Å². The molecule has 1 N–H and O–H groups in total. The third-order valence-corrected chi connectivity index (χ3v) is 1.55. The first-order valence-corrected chi connectivity index (χ1v) is 4.59. The summed E-state index contributed by atoms with van der Waals surface area (Å²) in [5.41, 5.74) is 2.87. The molecule has 0 saturated carbocycles. The Bertz CT molecular complexity index is 422. The number of pyridine rings is 1. The SMILES string of the molecule is CCOC(=O)/C(C#N)=N\Nc1ccncc1. The molecule has 0 amide bonds. The fourth-order valence-electron chi connectivity index (χ4n) is 0.863. The van der Waals surface area contributed by atoms with Crippen LogP contribution in [0.1, 0.15) is 6.92 Å². The molecule has 82 valence electrons. The van der Waals surface area contributed by atoms with Crippen LogP contribution in [0.15, 0.2) is 29.6 Å². The first-order chi connectivity index (χ1) is 7.77. The van der Waals surface area contributed by atoms with Gasteiger partial charge in [0.05, 0.1) is 12.3 Å². The highest BCUT2D eigenvalue weighted by Gasteiger charge is 2.11. The van der Waals surface area contributed by atoms with Gasteiger partial charge in [0.25, 0.3) is 0 Å². The van der Waals surface area contributed by atoms with E-state index >= 15 is 0 Å². The molecular formula is C10H10N4O2. The smallest absolute Gasteiger partial charge is 0.369 e. The van der Waals surface area contributed by atoms with Gasteiger partial charge in [0, 0.05) is 12.4 Å². The Labute approximate surface area is 92.6 Å². The molecule has 0 aliphatic rings. The Morgan fingerprint density at radius 2 is 2.31 bits per heavy atom. The highest BCUT2D eigenvalue weighted by Crippen LogP contribution is 2.02. The second-order valence-corrected chi connectivity index (χ2v) is 2.64. The van der Waals surface area contributed by atoms with Crippen LogP contribution in [0.2, 0.25) is 0 Å². The van der Waals surface area contributed by atoms with E-state index in [0.29, 0.717) is 5.69 Å². The van der Waals surface area contributed by atoms with Gasteiger partial charge in [-0.15, -0.1) is 0 Å². The molecule has 6 heteroatoms. The van der Waals surface area contributed by atoms with Crippen LogP contribution in [0.25, 0.3) is 0 Å². The lowest BCUT2D eigenvalue weighted by Crippen LogP contribution is -2.17. The van der Waals surface area contributed by atoms with Crippen molar-refractivity contribution in [2.45, 2.75) is 6.92 Å². The Balaban J connectivity index is 2.68. The molecule has 6 nitrogen and oxygen atoms in total. The van der Waals surface area contributed by atoms with Gasteiger partial charge < -0.3 is 4.74 Å². The number of carbonyl (C=O) groups excluding carboxylic acids is 1. The average molecular weight is 218 g/mol. The normalized spacial score (nSPS) is 10.4. The lowest BCUT2D eigenvalue weighted by Gasteiger charge is -2.00. The maximum absolute atomic E-state index is 11.2. The Hall–Kier alpha value is -2.42. The van der Waals surface area contributed by atoms with E-state index in [1.165, 1.54) is 0 Å². The highest BCUT2D eigenvalue weighted by atomic mass is 16.5. The summed E-state index contributed by atoms with van der Waals surface area (Å²) in [5.74, 6) is -0.744. The van der Waals surface area contributed by atoms with Crippen molar-refractivity contribution in [3.63, 3.8) is 0 Å². The number of hydrogen-bond acceptors (Lipinski definition) is 6. The molecule has 0 aromatic carbocycles. The van der Waals surface area contributed by atoms with Crippen molar-refractivity contribution >= 4 is 17.4 Å². The van der Waals surface area contributed by atoms with Crippen LogP contribution in [-0.4, -0.2) is 23.3 Å². The summed E-state index contributed by atoms with van der Waals surface area (Å²) in [6.45, 7) is 1.86. The van der Waals surface area contributed by atoms with Gasteiger partial charge in [-0.05, 0) is 19.1 Å². The number of esters is 1. The molecule has 16 heavy (non-hydrogen) atoms. The molecule has 0 radical (unpaired) electrons. The molecule has 0 unspecified atom stereocenters. The predicted molar refractivity (Wildman–Crippen MR) is 57.5 cm³/mol. The van der Waals surface area contributed by atoms with Gasteiger partial charge in [-0.25, -0.2) is 4.79 Å². The van der Waals surface area contributed by atoms with E-state index in [4.69, 9.17) is 5.26 Å². The van der Waals surface area contributed by atoms with Crippen LogP contribution in [0.4, 0.5) is 5.69 Å². The van der Waals surface area contributed by atoms with Crippen LogP contribution in [0.5, 0.6) is 0 Å². The Morgan fingerprint density at radius 3 is 2.88 bits per heavy atom. The molecule has 0 fully saturated rings. The molecule has 0 aliphatic carbocycles. The number of hydrogen-bond donors (Lipinski definition) is 1. The van der Waals surface area contributed by atoms with E-state index < -0.39 is 5.97 Å². The lowest BCUT2D eigenvalue weighted by molar-refractivity contribution is -0.134. The van der Waals surface area contributed by atoms with Gasteiger partial charge in [-0.3, -0.25) is 10.4 Å². The maximum atomic E-state index is 11.2. The van der Waals surface area contributed by atoms with Crippen molar-refractivity contribution < 1.29 is 9.53 Å². The molecule has 0 atom stereocenters. The molecule has 0 aliphatic heterocycles. The van der Waals surface area contributed by atoms with Crippen LogP contribution < -0.4 is 5.43 Å². The van der Waals surface area contributed by atoms with Crippen molar-refractivity contribution in [3.8, 4) is 6.07 Å². The summed E-state index contributed by atoms with van der Waals surface area (Å²) < 4.78 is 4.64. The predicted octanol–water partition coefficient (Wildman–Crippen LogP) is 0.936. The van der Waals surface area contributed by atoms with Crippen molar-refractivity contribution in [3.05, 3.63) is 24.5 Å². The summed E-state index contributed by atoms with van der Waals surface area (Å²) in [7, 11) is 0. The van der Waals surface area contributed by atoms with E-state index in [9.17, 15) is 4.79 Å². The van der Waals surface area contributed by atoms with E-state index in [0.717, 1.165) is 0 Å². The number of rotatable bonds is 4. The first-order valence-electron chi connectivity index (χ1n) is 4.59. The molecule has 0 spiro atoms. The van der Waals surface area contributed by atoms with Crippen LogP contribution in [0, 0.1) is 11.3 Å². The van der Waals surface area contributed by atoms with E-state index in [-0.39, 0.29) is 12.3 Å². The lowest BCUT2D eigenvalue weighted by atomic mass is 10.4. The minimum absolute atomic E-state index is 0.203. The number of ether oxygens (including phenoxy) is 1. The topological polar surface area (TPSA) is 87.4 Å². The zero-order valence-corrected chi connectivity index (χ0v) is 8.67. The van der Waals surface area contributed by atoms with Crippen LogP contribution in [-0.2, 0) is 9.53 Å². The second-order valence-electron chi connectivity index (χ2n) is 2.64. The largest absolute Gasteiger partial charge is 0.461 e. The zero-order valence-electron chi connectivity index (χ0n) is 8.67. The van der Waals surface area contributed by atoms with Gasteiger partial charge in [-0.1, -0.05) is 0 Å². The monoisotopic (exact) mass is 218 g/mol. The number of nitriles is 1. The summed E-state index contributed by atoms with van der Waals surface area (Å²) >= 11 is 0. The number of nitrogens with zero attached hydrogens (tertiary/aromatic N) is 3. The molecule has 1 aromatic rings. The highest BCUT2D eigenvalue weighted by molar-refractivity contribution is 6.43. The van der Waals surface area contributed by atoms with Crippen molar-refractivity contribution in [2.75, 3.05) is 12.0 Å². The number of hydrazone groups is 1. The van der Waals surface area contributed by atoms with Crippen molar-refractivity contribution in [1.29, 1.82) is 5.26 Å². The van der Waals surface area contributed by atoms with Crippen molar-refractivity contribution in [2.24, 2.45) is 5.10 Å². The number of aromatic nitrogens is 1. The fraction of sp³-hybridized carbons (Fsp3) is 0.200. The Morgan fingerprint density at radius 1 is 1.62 bits per heavy atom. The van der Waals surface area contributed by atoms with E-state index in [2.05, 4.69) is 20.2 Å². The van der Waals surface area contributed by atoms with Gasteiger partial charge in [0.1, 0.15) is 6.07 Å². The minimum atomic E-state index is -0.744. The molecule has 1 heterocycles. The average Bonchev–Trinajstić information content (AvgIpc) is 2.31. The summed E-state index contributed by atoms with van der Waals surface area (Å²) in [4.78, 5) is 15.0. The fourth-order valence-corrected chi connectivity index (χ4v) is 0.863. The molecule has 0 saturated heterocycles. The molecular weight excluding hydrogens is 208 g/mol. The van der Waals surface area contributed by atoms with Crippen molar-refractivity contribution in [1.82, 2.24) is 4.98 Å². The summed E-state index contributed by atoms with van der Waals surface area (Å²) in [6, 6.07) is 4.97. The quantitative estimate of drug-likeness (QED) is 0.461. The third-order valence-electron chi connectivity index (χ3n) is 1.55. The molecule has 0 bridgehead atoms. The molecule has 1 aromatic heterocycles. The standard InChI is InChI=1S/C10H10N4O2/c1-2-16-10(15)9(7-11)14-13-8-3-5-12-6-4-8/h3-6H,2H2,1H3,(H,12,13)/b14-9-. The summed E-state index contributed by atoms with van der Waals surface area (Å²) in [5, 5.41) is 12.3. The number of anilines is 1. The van der Waals surface area contributed by atoms with Gasteiger partial charge in [0.2, 0.25) is 5.71 Å².